The highest BCUT2D eigenvalue weighted by molar-refractivity contribution is 9.10. The minimum absolute atomic E-state index is 0.173. The molecule has 1 aromatic carbocycles. The molecule has 0 aliphatic carbocycles. The van der Waals surface area contributed by atoms with Crippen molar-refractivity contribution in [3.63, 3.8) is 0 Å². The Morgan fingerprint density at radius 2 is 2.00 bits per heavy atom. The van der Waals surface area contributed by atoms with Gasteiger partial charge >= 0.3 is 0 Å². The van der Waals surface area contributed by atoms with Crippen LogP contribution in [0.4, 0.5) is 11.4 Å². The average molecular weight is 388 g/mol. The van der Waals surface area contributed by atoms with E-state index in [1.54, 1.807) is 6.20 Å². The van der Waals surface area contributed by atoms with Gasteiger partial charge in [-0.1, -0.05) is 22.9 Å². The maximum atomic E-state index is 12.5. The number of pyridine rings is 1. The van der Waals surface area contributed by atoms with E-state index in [0.29, 0.717) is 5.69 Å². The van der Waals surface area contributed by atoms with Crippen LogP contribution in [0.15, 0.2) is 41.0 Å². The molecule has 1 aliphatic heterocycles. The normalized spacial score (nSPS) is 15.4. The van der Waals surface area contributed by atoms with E-state index in [1.165, 1.54) is 12.8 Å². The van der Waals surface area contributed by atoms with Gasteiger partial charge in [0, 0.05) is 35.1 Å². The van der Waals surface area contributed by atoms with Gasteiger partial charge in [-0.05, 0) is 61.6 Å². The Morgan fingerprint density at radius 3 is 2.71 bits per heavy atom. The van der Waals surface area contributed by atoms with Crippen molar-refractivity contribution in [1.29, 1.82) is 0 Å². The summed E-state index contributed by atoms with van der Waals surface area (Å²) < 4.78 is 0.998. The Kier molecular flexibility index (Phi) is 5.19. The lowest BCUT2D eigenvalue weighted by atomic mass is 9.99. The van der Waals surface area contributed by atoms with E-state index in [9.17, 15) is 4.79 Å². The van der Waals surface area contributed by atoms with Crippen LogP contribution in [-0.4, -0.2) is 24.0 Å². The number of anilines is 2. The third kappa shape index (κ3) is 3.96. The summed E-state index contributed by atoms with van der Waals surface area (Å²) in [5.74, 6) is 0.610. The van der Waals surface area contributed by atoms with Gasteiger partial charge in [0.1, 0.15) is 5.69 Å². The summed E-state index contributed by atoms with van der Waals surface area (Å²) in [6, 6.07) is 9.67. The van der Waals surface area contributed by atoms with Crippen molar-refractivity contribution in [1.82, 2.24) is 4.98 Å². The van der Waals surface area contributed by atoms with E-state index in [2.05, 4.69) is 38.1 Å². The molecule has 1 aliphatic rings. The van der Waals surface area contributed by atoms with Gasteiger partial charge in [-0.2, -0.15) is 0 Å². The topological polar surface area (TPSA) is 45.2 Å². The molecule has 2 heterocycles. The number of halogens is 1. The van der Waals surface area contributed by atoms with Gasteiger partial charge in [0.05, 0.1) is 0 Å². The molecule has 126 valence electrons. The molecule has 0 saturated carbocycles. The molecule has 5 heteroatoms. The van der Waals surface area contributed by atoms with E-state index >= 15 is 0 Å². The second-order valence-corrected chi connectivity index (χ2v) is 7.40. The van der Waals surface area contributed by atoms with Crippen LogP contribution in [0.5, 0.6) is 0 Å². The van der Waals surface area contributed by atoms with Crippen molar-refractivity contribution in [3.05, 3.63) is 52.3 Å². The third-order valence-electron chi connectivity index (χ3n) is 4.56. The SMILES string of the molecule is Cc1cc(Br)ccc1NC(=O)c1cc(N2CCC(C)CC2)ccn1. The van der Waals surface area contributed by atoms with Crippen LogP contribution >= 0.6 is 15.9 Å². The number of benzene rings is 1. The van der Waals surface area contributed by atoms with Crippen molar-refractivity contribution in [2.24, 2.45) is 5.92 Å². The number of nitrogens with zero attached hydrogens (tertiary/aromatic N) is 2. The van der Waals surface area contributed by atoms with Crippen molar-refractivity contribution < 1.29 is 4.79 Å². The lowest BCUT2D eigenvalue weighted by Gasteiger charge is -2.32. The second-order valence-electron chi connectivity index (χ2n) is 6.48. The summed E-state index contributed by atoms with van der Waals surface area (Å²) in [7, 11) is 0. The molecule has 0 radical (unpaired) electrons. The van der Waals surface area contributed by atoms with Crippen LogP contribution in [0.1, 0.15) is 35.8 Å². The predicted molar refractivity (Wildman–Crippen MR) is 102 cm³/mol. The van der Waals surface area contributed by atoms with Crippen LogP contribution in [0.2, 0.25) is 0 Å². The first-order chi connectivity index (χ1) is 11.5. The van der Waals surface area contributed by atoms with E-state index in [1.807, 2.05) is 37.3 Å². The largest absolute Gasteiger partial charge is 0.371 e. The van der Waals surface area contributed by atoms with Gasteiger partial charge in [-0.15, -0.1) is 0 Å². The Morgan fingerprint density at radius 1 is 1.25 bits per heavy atom. The minimum atomic E-state index is -0.173. The van der Waals surface area contributed by atoms with E-state index < -0.39 is 0 Å². The molecular weight excluding hydrogens is 366 g/mol. The summed E-state index contributed by atoms with van der Waals surface area (Å²) in [6.45, 7) is 6.35. The number of hydrogen-bond donors (Lipinski definition) is 1. The number of carbonyl (C=O) groups excluding carboxylic acids is 1. The highest BCUT2D eigenvalue weighted by Gasteiger charge is 2.17. The molecule has 0 atom stereocenters. The van der Waals surface area contributed by atoms with Crippen molar-refractivity contribution >= 4 is 33.2 Å². The van der Waals surface area contributed by atoms with Gasteiger partial charge < -0.3 is 10.2 Å². The summed E-state index contributed by atoms with van der Waals surface area (Å²) >= 11 is 3.43. The van der Waals surface area contributed by atoms with Gasteiger partial charge in [0.2, 0.25) is 0 Å². The highest BCUT2D eigenvalue weighted by Crippen LogP contribution is 2.24. The number of aromatic nitrogens is 1. The first kappa shape index (κ1) is 17.0. The molecule has 24 heavy (non-hydrogen) atoms. The standard InChI is InChI=1S/C19H22BrN3O/c1-13-6-9-23(10-7-13)16-5-8-21-18(12-16)19(24)22-17-4-3-15(20)11-14(17)2/h3-5,8,11-13H,6-7,9-10H2,1-2H3,(H,22,24). The molecule has 0 spiro atoms. The predicted octanol–water partition coefficient (Wildman–Crippen LogP) is 4.64. The zero-order chi connectivity index (χ0) is 17.1. The highest BCUT2D eigenvalue weighted by atomic mass is 79.9. The monoisotopic (exact) mass is 387 g/mol. The minimum Gasteiger partial charge on any atom is -0.371 e. The zero-order valence-electron chi connectivity index (χ0n) is 14.1. The van der Waals surface area contributed by atoms with Gasteiger partial charge in [0.15, 0.2) is 0 Å². The van der Waals surface area contributed by atoms with Crippen molar-refractivity contribution in [2.45, 2.75) is 26.7 Å². The maximum absolute atomic E-state index is 12.5. The van der Waals surface area contributed by atoms with E-state index in [-0.39, 0.29) is 5.91 Å². The number of piperidine rings is 1. The lowest BCUT2D eigenvalue weighted by molar-refractivity contribution is 0.102. The fourth-order valence-corrected chi connectivity index (χ4v) is 3.44. The first-order valence-corrected chi connectivity index (χ1v) is 9.11. The molecule has 2 aromatic rings. The molecular formula is C19H22BrN3O. The van der Waals surface area contributed by atoms with E-state index in [4.69, 9.17) is 0 Å². The van der Waals surface area contributed by atoms with Gasteiger partial charge in [0.25, 0.3) is 5.91 Å². The van der Waals surface area contributed by atoms with Crippen LogP contribution in [0, 0.1) is 12.8 Å². The van der Waals surface area contributed by atoms with Crippen LogP contribution in [0.3, 0.4) is 0 Å². The van der Waals surface area contributed by atoms with Crippen molar-refractivity contribution in [2.75, 3.05) is 23.3 Å². The average Bonchev–Trinajstić information content (AvgIpc) is 2.58. The lowest BCUT2D eigenvalue weighted by Crippen LogP contribution is -2.33. The molecule has 4 nitrogen and oxygen atoms in total. The summed E-state index contributed by atoms with van der Waals surface area (Å²) in [5.41, 5.74) is 3.35. The van der Waals surface area contributed by atoms with Crippen molar-refractivity contribution in [3.8, 4) is 0 Å². The zero-order valence-corrected chi connectivity index (χ0v) is 15.6. The third-order valence-corrected chi connectivity index (χ3v) is 5.05. The molecule has 3 rings (SSSR count). The first-order valence-electron chi connectivity index (χ1n) is 8.31. The number of aryl methyl sites for hydroxylation is 1. The Hall–Kier alpha value is -1.88. The summed E-state index contributed by atoms with van der Waals surface area (Å²) in [4.78, 5) is 19.1. The Balaban J connectivity index is 1.74. The quantitative estimate of drug-likeness (QED) is 0.833. The van der Waals surface area contributed by atoms with Gasteiger partial charge in [-0.3, -0.25) is 9.78 Å². The van der Waals surface area contributed by atoms with Crippen LogP contribution < -0.4 is 10.2 Å². The number of rotatable bonds is 3. The maximum Gasteiger partial charge on any atom is 0.274 e. The number of nitrogens with one attached hydrogen (secondary N) is 1. The Labute approximate surface area is 151 Å². The van der Waals surface area contributed by atoms with E-state index in [0.717, 1.165) is 40.4 Å². The smallest absolute Gasteiger partial charge is 0.274 e. The molecule has 0 bridgehead atoms. The summed E-state index contributed by atoms with van der Waals surface area (Å²) in [5, 5.41) is 2.95. The fraction of sp³-hybridized carbons (Fsp3) is 0.368. The van der Waals surface area contributed by atoms with Gasteiger partial charge in [-0.25, -0.2) is 0 Å². The molecule has 1 N–H and O–H groups in total. The van der Waals surface area contributed by atoms with Crippen LogP contribution in [-0.2, 0) is 0 Å². The number of hydrogen-bond acceptors (Lipinski definition) is 3. The molecule has 1 fully saturated rings. The number of amides is 1. The molecule has 0 unspecified atom stereocenters. The molecule has 1 aromatic heterocycles. The summed E-state index contributed by atoms with van der Waals surface area (Å²) in [6.07, 6.45) is 4.11. The second kappa shape index (κ2) is 7.34. The fourth-order valence-electron chi connectivity index (χ4n) is 2.96. The Bertz CT molecular complexity index is 739. The number of carbonyl (C=O) groups is 1. The van der Waals surface area contributed by atoms with Crippen LogP contribution in [0.25, 0.3) is 0 Å². The molecule has 1 amide bonds. The molecule has 1 saturated heterocycles.